The summed E-state index contributed by atoms with van der Waals surface area (Å²) in [7, 11) is -3.99. The van der Waals surface area contributed by atoms with Gasteiger partial charge in [0.05, 0.1) is 11.5 Å². The van der Waals surface area contributed by atoms with Gasteiger partial charge in [0, 0.05) is 43.8 Å². The summed E-state index contributed by atoms with van der Waals surface area (Å²) in [5, 5.41) is 14.5. The molecule has 0 aliphatic carbocycles. The number of nitrogens with zero attached hydrogens (tertiary/aromatic N) is 3. The zero-order chi connectivity index (χ0) is 21.7. The van der Waals surface area contributed by atoms with Gasteiger partial charge in [-0.3, -0.25) is 19.8 Å². The van der Waals surface area contributed by atoms with E-state index >= 15 is 0 Å². The molecule has 1 saturated heterocycles. The molecule has 1 aliphatic rings. The van der Waals surface area contributed by atoms with E-state index in [9.17, 15) is 23.3 Å². The maximum atomic E-state index is 12.8. The van der Waals surface area contributed by atoms with Gasteiger partial charge in [-0.05, 0) is 17.7 Å². The number of piperazine rings is 1. The van der Waals surface area contributed by atoms with Crippen molar-refractivity contribution in [1.29, 1.82) is 0 Å². The Morgan fingerprint density at radius 2 is 1.70 bits per heavy atom. The van der Waals surface area contributed by atoms with Crippen molar-refractivity contribution in [2.75, 3.05) is 32.7 Å². The molecule has 1 fully saturated rings. The summed E-state index contributed by atoms with van der Waals surface area (Å²) in [6, 6.07) is 12.5. The first kappa shape index (κ1) is 22.2. The van der Waals surface area contributed by atoms with Gasteiger partial charge in [0.15, 0.2) is 4.90 Å². The number of carbonyl (C=O) groups excluding carboxylic acids is 1. The van der Waals surface area contributed by atoms with E-state index in [1.54, 1.807) is 6.07 Å². The SMILES string of the molecule is O=C(CN1CCN(S(=O)(=O)c2ccccc2[N+](=O)[O-])CC1)NCc1ccccc1Cl. The van der Waals surface area contributed by atoms with E-state index in [4.69, 9.17) is 11.6 Å². The summed E-state index contributed by atoms with van der Waals surface area (Å²) in [6.07, 6.45) is 0. The average molecular weight is 453 g/mol. The van der Waals surface area contributed by atoms with Crippen molar-refractivity contribution in [3.05, 3.63) is 69.2 Å². The molecule has 0 unspecified atom stereocenters. The van der Waals surface area contributed by atoms with Gasteiger partial charge in [-0.2, -0.15) is 4.31 Å². The highest BCUT2D eigenvalue weighted by atomic mass is 35.5. The first-order valence-corrected chi connectivity index (χ1v) is 11.1. The molecule has 0 bridgehead atoms. The molecule has 11 heteroatoms. The summed E-state index contributed by atoms with van der Waals surface area (Å²) in [6.45, 7) is 1.42. The number of carbonyl (C=O) groups is 1. The minimum absolute atomic E-state index is 0.129. The molecular formula is C19H21ClN4O5S. The molecule has 3 rings (SSSR count). The number of amides is 1. The number of rotatable bonds is 7. The Morgan fingerprint density at radius 3 is 2.37 bits per heavy atom. The van der Waals surface area contributed by atoms with Crippen LogP contribution in [-0.2, 0) is 21.4 Å². The quantitative estimate of drug-likeness (QED) is 0.507. The van der Waals surface area contributed by atoms with Gasteiger partial charge in [-0.1, -0.05) is 41.9 Å². The van der Waals surface area contributed by atoms with Crippen LogP contribution in [-0.4, -0.2) is 61.2 Å². The molecule has 2 aromatic carbocycles. The van der Waals surface area contributed by atoms with E-state index in [0.29, 0.717) is 24.7 Å². The lowest BCUT2D eigenvalue weighted by Gasteiger charge is -2.33. The highest BCUT2D eigenvalue weighted by molar-refractivity contribution is 7.89. The Morgan fingerprint density at radius 1 is 1.07 bits per heavy atom. The molecule has 0 spiro atoms. The minimum Gasteiger partial charge on any atom is -0.351 e. The number of hydrogen-bond acceptors (Lipinski definition) is 6. The van der Waals surface area contributed by atoms with Gasteiger partial charge >= 0.3 is 0 Å². The average Bonchev–Trinajstić information content (AvgIpc) is 2.73. The molecule has 0 saturated carbocycles. The van der Waals surface area contributed by atoms with Crippen molar-refractivity contribution in [2.45, 2.75) is 11.4 Å². The standard InChI is InChI=1S/C19H21ClN4O5S/c20-16-6-2-1-5-15(16)13-21-19(25)14-22-9-11-23(12-10-22)30(28,29)18-8-4-3-7-17(18)24(26)27/h1-8H,9-14H2,(H,21,25). The molecule has 1 amide bonds. The summed E-state index contributed by atoms with van der Waals surface area (Å²) >= 11 is 6.07. The maximum absolute atomic E-state index is 12.8. The normalized spacial score (nSPS) is 15.6. The van der Waals surface area contributed by atoms with Crippen LogP contribution in [0.25, 0.3) is 0 Å². The van der Waals surface area contributed by atoms with Crippen LogP contribution in [0.5, 0.6) is 0 Å². The molecule has 9 nitrogen and oxygen atoms in total. The Balaban J connectivity index is 1.55. The molecule has 1 aliphatic heterocycles. The van der Waals surface area contributed by atoms with Crippen LogP contribution >= 0.6 is 11.6 Å². The summed E-state index contributed by atoms with van der Waals surface area (Å²) in [5.41, 5.74) is 0.367. The third-order valence-electron chi connectivity index (χ3n) is 4.81. The fourth-order valence-corrected chi connectivity index (χ4v) is 4.97. The fourth-order valence-electron chi connectivity index (χ4n) is 3.19. The Hall–Kier alpha value is -2.53. The second kappa shape index (κ2) is 9.52. The topological polar surface area (TPSA) is 113 Å². The molecular weight excluding hydrogens is 432 g/mol. The van der Waals surface area contributed by atoms with Crippen LogP contribution in [0.15, 0.2) is 53.4 Å². The Kier molecular flexibility index (Phi) is 7.03. The molecule has 0 aromatic heterocycles. The van der Waals surface area contributed by atoms with Crippen LogP contribution in [0.4, 0.5) is 5.69 Å². The van der Waals surface area contributed by atoms with Gasteiger partial charge in [0.2, 0.25) is 15.9 Å². The zero-order valence-corrected chi connectivity index (χ0v) is 17.6. The molecule has 0 radical (unpaired) electrons. The molecule has 1 heterocycles. The molecule has 160 valence electrons. The summed E-state index contributed by atoms with van der Waals surface area (Å²) in [4.78, 5) is 24.2. The number of para-hydroxylation sites is 1. The molecule has 0 atom stereocenters. The lowest BCUT2D eigenvalue weighted by molar-refractivity contribution is -0.387. The summed E-state index contributed by atoms with van der Waals surface area (Å²) < 4.78 is 26.9. The zero-order valence-electron chi connectivity index (χ0n) is 16.0. The van der Waals surface area contributed by atoms with E-state index in [1.165, 1.54) is 28.6 Å². The second-order valence-electron chi connectivity index (χ2n) is 6.77. The lowest BCUT2D eigenvalue weighted by atomic mass is 10.2. The number of nitrogens with one attached hydrogen (secondary N) is 1. The van der Waals surface area contributed by atoms with Crippen molar-refractivity contribution >= 4 is 33.2 Å². The van der Waals surface area contributed by atoms with Gasteiger partial charge < -0.3 is 5.32 Å². The third-order valence-corrected chi connectivity index (χ3v) is 7.13. The molecule has 2 aromatic rings. The first-order valence-electron chi connectivity index (χ1n) is 9.25. The highest BCUT2D eigenvalue weighted by Gasteiger charge is 2.33. The van der Waals surface area contributed by atoms with Gasteiger partial charge in [0.25, 0.3) is 5.69 Å². The van der Waals surface area contributed by atoms with Crippen LogP contribution in [0, 0.1) is 10.1 Å². The first-order chi connectivity index (χ1) is 14.3. The fraction of sp³-hybridized carbons (Fsp3) is 0.316. The maximum Gasteiger partial charge on any atom is 0.289 e. The van der Waals surface area contributed by atoms with Crippen molar-refractivity contribution in [3.8, 4) is 0 Å². The Bertz CT molecular complexity index is 1040. The lowest BCUT2D eigenvalue weighted by Crippen LogP contribution is -2.51. The van der Waals surface area contributed by atoms with Crippen molar-refractivity contribution < 1.29 is 18.1 Å². The van der Waals surface area contributed by atoms with Crippen LogP contribution in [0.1, 0.15) is 5.56 Å². The van der Waals surface area contributed by atoms with Crippen molar-refractivity contribution in [1.82, 2.24) is 14.5 Å². The highest BCUT2D eigenvalue weighted by Crippen LogP contribution is 2.26. The van der Waals surface area contributed by atoms with Crippen molar-refractivity contribution in [3.63, 3.8) is 0 Å². The minimum atomic E-state index is -3.99. The van der Waals surface area contributed by atoms with E-state index in [0.717, 1.165) is 5.56 Å². The predicted molar refractivity (Wildman–Crippen MR) is 112 cm³/mol. The number of sulfonamides is 1. The number of benzene rings is 2. The third kappa shape index (κ3) is 5.14. The van der Waals surface area contributed by atoms with E-state index < -0.39 is 20.6 Å². The number of halogens is 1. The van der Waals surface area contributed by atoms with E-state index in [1.807, 2.05) is 23.1 Å². The Labute approximate surface area is 179 Å². The number of hydrogen-bond donors (Lipinski definition) is 1. The summed E-state index contributed by atoms with van der Waals surface area (Å²) in [5.74, 6) is -0.190. The van der Waals surface area contributed by atoms with Gasteiger partial charge in [-0.25, -0.2) is 8.42 Å². The largest absolute Gasteiger partial charge is 0.351 e. The van der Waals surface area contributed by atoms with Gasteiger partial charge in [-0.15, -0.1) is 0 Å². The van der Waals surface area contributed by atoms with Gasteiger partial charge in [0.1, 0.15) is 0 Å². The van der Waals surface area contributed by atoms with Crippen LogP contribution in [0.3, 0.4) is 0 Å². The number of nitro benzene ring substituents is 1. The monoisotopic (exact) mass is 452 g/mol. The molecule has 30 heavy (non-hydrogen) atoms. The molecule has 1 N–H and O–H groups in total. The predicted octanol–water partition coefficient (Wildman–Crippen LogP) is 1.87. The van der Waals surface area contributed by atoms with Crippen LogP contribution in [0.2, 0.25) is 5.02 Å². The van der Waals surface area contributed by atoms with Crippen LogP contribution < -0.4 is 5.32 Å². The van der Waals surface area contributed by atoms with E-state index in [2.05, 4.69) is 5.32 Å². The number of nitro groups is 1. The van der Waals surface area contributed by atoms with Crippen molar-refractivity contribution in [2.24, 2.45) is 0 Å². The van der Waals surface area contributed by atoms with E-state index in [-0.39, 0.29) is 30.4 Å². The smallest absolute Gasteiger partial charge is 0.289 e. The second-order valence-corrected chi connectivity index (χ2v) is 9.09.